The second-order valence-electron chi connectivity index (χ2n) is 8.14. The molecule has 1 fully saturated rings. The number of hydrogen-bond donors (Lipinski definition) is 2. The molecule has 5 rings (SSSR count). The summed E-state index contributed by atoms with van der Waals surface area (Å²) >= 11 is 0. The fourth-order valence-electron chi connectivity index (χ4n) is 4.49. The van der Waals surface area contributed by atoms with Crippen LogP contribution in [0.2, 0.25) is 0 Å². The maximum Gasteiger partial charge on any atom is 0.183 e. The molecule has 2 N–H and O–H groups in total. The summed E-state index contributed by atoms with van der Waals surface area (Å²) in [4.78, 5) is 12.3. The van der Waals surface area contributed by atoms with Gasteiger partial charge in [0.1, 0.15) is 17.5 Å². The summed E-state index contributed by atoms with van der Waals surface area (Å²) in [5.74, 6) is 1.16. The van der Waals surface area contributed by atoms with Gasteiger partial charge in [-0.15, -0.1) is 0 Å². The number of rotatable bonds is 5. The fourth-order valence-corrected chi connectivity index (χ4v) is 4.49. The topological polar surface area (TPSA) is 104 Å². The van der Waals surface area contributed by atoms with Crippen molar-refractivity contribution in [3.05, 3.63) is 47.9 Å². The molecule has 1 saturated carbocycles. The molecular formula is C25H24N4O3. The molecule has 0 bridgehead atoms. The first-order valence-electron chi connectivity index (χ1n) is 10.9. The van der Waals surface area contributed by atoms with Crippen molar-refractivity contribution in [2.45, 2.75) is 44.8 Å². The van der Waals surface area contributed by atoms with Crippen molar-refractivity contribution >= 4 is 21.9 Å². The van der Waals surface area contributed by atoms with Gasteiger partial charge in [-0.25, -0.2) is 9.97 Å². The molecule has 1 aromatic carbocycles. The Morgan fingerprint density at radius 2 is 1.97 bits per heavy atom. The van der Waals surface area contributed by atoms with Crippen LogP contribution < -0.4 is 9.47 Å². The minimum absolute atomic E-state index is 0.0883. The summed E-state index contributed by atoms with van der Waals surface area (Å²) in [6.07, 6.45) is 9.05. The highest BCUT2D eigenvalue weighted by Crippen LogP contribution is 2.38. The van der Waals surface area contributed by atoms with Gasteiger partial charge >= 0.3 is 0 Å². The first kappa shape index (κ1) is 20.3. The van der Waals surface area contributed by atoms with Gasteiger partial charge in [-0.3, -0.25) is 0 Å². The molecule has 3 aromatic heterocycles. The molecule has 7 heteroatoms. The molecule has 1 aliphatic carbocycles. The molecule has 0 amide bonds. The standard InChI is InChI=1S/C25H24N4O3/c1-31-22-10-15(7-8-16(22)14-30)17-9-19-23-21(29-25(19)28-12-17)13-27-20(11-26)24(23)32-18-5-3-2-4-6-18/h7-10,12-13,18,30H,2-6,14H2,1H3,(H,28,29). The Balaban J connectivity index is 1.66. The third-order valence-electron chi connectivity index (χ3n) is 6.18. The van der Waals surface area contributed by atoms with E-state index in [4.69, 9.17) is 9.47 Å². The SMILES string of the molecule is COc1cc(-c2cnc3[nH]c4cnc(C#N)c(OC5CCCCC5)c4c3c2)ccc1CO. The van der Waals surface area contributed by atoms with Crippen molar-refractivity contribution in [1.82, 2.24) is 15.0 Å². The van der Waals surface area contributed by atoms with Gasteiger partial charge in [-0.2, -0.15) is 5.26 Å². The minimum atomic E-state index is -0.0883. The largest absolute Gasteiger partial charge is 0.496 e. The molecule has 0 aliphatic heterocycles. The number of aromatic amines is 1. The molecule has 32 heavy (non-hydrogen) atoms. The summed E-state index contributed by atoms with van der Waals surface area (Å²) in [6, 6.07) is 9.92. The van der Waals surface area contributed by atoms with E-state index >= 15 is 0 Å². The lowest BCUT2D eigenvalue weighted by atomic mass is 9.97. The molecule has 0 spiro atoms. The lowest BCUT2D eigenvalue weighted by Gasteiger charge is -2.23. The van der Waals surface area contributed by atoms with Crippen LogP contribution >= 0.6 is 0 Å². The molecule has 4 aromatic rings. The number of aliphatic hydroxyl groups excluding tert-OH is 1. The van der Waals surface area contributed by atoms with Gasteiger partial charge in [-0.1, -0.05) is 18.6 Å². The number of fused-ring (bicyclic) bond motifs is 3. The van der Waals surface area contributed by atoms with Crippen LogP contribution in [0.25, 0.3) is 33.1 Å². The Kier molecular flexibility index (Phi) is 5.38. The second kappa shape index (κ2) is 8.48. The number of pyridine rings is 2. The van der Waals surface area contributed by atoms with E-state index in [1.165, 1.54) is 6.42 Å². The smallest absolute Gasteiger partial charge is 0.183 e. The van der Waals surface area contributed by atoms with Gasteiger partial charge in [0, 0.05) is 22.7 Å². The zero-order chi connectivity index (χ0) is 22.1. The maximum atomic E-state index is 9.70. The molecule has 162 valence electrons. The number of aliphatic hydroxyl groups is 1. The van der Waals surface area contributed by atoms with E-state index in [-0.39, 0.29) is 12.7 Å². The molecule has 0 unspecified atom stereocenters. The highest BCUT2D eigenvalue weighted by atomic mass is 16.5. The van der Waals surface area contributed by atoms with Crippen molar-refractivity contribution < 1.29 is 14.6 Å². The number of aromatic nitrogens is 3. The minimum Gasteiger partial charge on any atom is -0.496 e. The van der Waals surface area contributed by atoms with Crippen LogP contribution in [0, 0.1) is 11.3 Å². The molecule has 0 radical (unpaired) electrons. The van der Waals surface area contributed by atoms with E-state index < -0.39 is 0 Å². The normalized spacial score (nSPS) is 14.5. The van der Waals surface area contributed by atoms with Gasteiger partial charge in [0.25, 0.3) is 0 Å². The van der Waals surface area contributed by atoms with Crippen molar-refractivity contribution in [3.63, 3.8) is 0 Å². The Hall–Kier alpha value is -3.63. The fraction of sp³-hybridized carbons (Fsp3) is 0.320. The summed E-state index contributed by atoms with van der Waals surface area (Å²) in [6.45, 7) is -0.0883. The summed E-state index contributed by atoms with van der Waals surface area (Å²) in [7, 11) is 1.59. The molecular weight excluding hydrogens is 404 g/mol. The average molecular weight is 428 g/mol. The average Bonchev–Trinajstić information content (AvgIpc) is 3.22. The third-order valence-corrected chi connectivity index (χ3v) is 6.18. The first-order valence-corrected chi connectivity index (χ1v) is 10.9. The quantitative estimate of drug-likeness (QED) is 0.470. The van der Waals surface area contributed by atoms with Gasteiger partial charge in [0.05, 0.1) is 36.9 Å². The van der Waals surface area contributed by atoms with Crippen LogP contribution in [-0.2, 0) is 6.61 Å². The Bertz CT molecular complexity index is 1330. The lowest BCUT2D eigenvalue weighted by Crippen LogP contribution is -2.20. The Morgan fingerprint density at radius 3 is 2.72 bits per heavy atom. The number of nitrogens with one attached hydrogen (secondary N) is 1. The zero-order valence-corrected chi connectivity index (χ0v) is 17.9. The number of hydrogen-bond acceptors (Lipinski definition) is 6. The third kappa shape index (κ3) is 3.53. The van der Waals surface area contributed by atoms with Crippen LogP contribution in [0.5, 0.6) is 11.5 Å². The lowest BCUT2D eigenvalue weighted by molar-refractivity contribution is 0.156. The van der Waals surface area contributed by atoms with Crippen LogP contribution in [0.1, 0.15) is 43.4 Å². The highest BCUT2D eigenvalue weighted by Gasteiger charge is 2.22. The van der Waals surface area contributed by atoms with E-state index in [1.54, 1.807) is 19.5 Å². The highest BCUT2D eigenvalue weighted by molar-refractivity contribution is 6.10. The summed E-state index contributed by atoms with van der Waals surface area (Å²) < 4.78 is 11.8. The van der Waals surface area contributed by atoms with Gasteiger partial charge in [-0.05, 0) is 43.4 Å². The molecule has 3 heterocycles. The Morgan fingerprint density at radius 1 is 1.12 bits per heavy atom. The van der Waals surface area contributed by atoms with E-state index in [9.17, 15) is 10.4 Å². The summed E-state index contributed by atoms with van der Waals surface area (Å²) in [5.41, 5.74) is 4.36. The molecule has 0 atom stereocenters. The molecule has 0 saturated heterocycles. The van der Waals surface area contributed by atoms with Crippen LogP contribution in [0.3, 0.4) is 0 Å². The zero-order valence-electron chi connectivity index (χ0n) is 17.9. The van der Waals surface area contributed by atoms with E-state index in [1.807, 2.05) is 24.3 Å². The van der Waals surface area contributed by atoms with Crippen LogP contribution in [-0.4, -0.2) is 33.3 Å². The Labute approximate surface area is 185 Å². The van der Waals surface area contributed by atoms with Gasteiger partial charge in [0.2, 0.25) is 0 Å². The predicted molar refractivity (Wildman–Crippen MR) is 122 cm³/mol. The van der Waals surface area contributed by atoms with Crippen molar-refractivity contribution in [2.24, 2.45) is 0 Å². The van der Waals surface area contributed by atoms with E-state index in [0.717, 1.165) is 58.7 Å². The van der Waals surface area contributed by atoms with Crippen molar-refractivity contribution in [2.75, 3.05) is 7.11 Å². The molecule has 1 aliphatic rings. The summed E-state index contributed by atoms with van der Waals surface area (Å²) in [5, 5.41) is 20.9. The van der Waals surface area contributed by atoms with Crippen molar-refractivity contribution in [3.8, 4) is 28.7 Å². The number of H-pyrrole nitrogens is 1. The van der Waals surface area contributed by atoms with Gasteiger partial charge in [0.15, 0.2) is 11.4 Å². The predicted octanol–water partition coefficient (Wildman–Crippen LogP) is 4.86. The number of ether oxygens (including phenoxy) is 2. The van der Waals surface area contributed by atoms with Gasteiger partial charge < -0.3 is 19.6 Å². The number of nitriles is 1. The molecule has 7 nitrogen and oxygen atoms in total. The number of benzene rings is 1. The maximum absolute atomic E-state index is 9.70. The number of methoxy groups -OCH3 is 1. The monoisotopic (exact) mass is 428 g/mol. The van der Waals surface area contributed by atoms with Crippen LogP contribution in [0.4, 0.5) is 0 Å². The second-order valence-corrected chi connectivity index (χ2v) is 8.14. The van der Waals surface area contributed by atoms with E-state index in [2.05, 4.69) is 21.0 Å². The first-order chi connectivity index (χ1) is 15.7. The number of nitrogens with zero attached hydrogens (tertiary/aromatic N) is 3. The van der Waals surface area contributed by atoms with Crippen LogP contribution in [0.15, 0.2) is 36.7 Å². The van der Waals surface area contributed by atoms with E-state index in [0.29, 0.717) is 22.8 Å². The van der Waals surface area contributed by atoms with Crippen molar-refractivity contribution in [1.29, 1.82) is 5.26 Å².